The fourth-order valence-electron chi connectivity index (χ4n) is 14.2. The third-order valence-corrected chi connectivity index (χ3v) is 14.1. The van der Waals surface area contributed by atoms with Gasteiger partial charge in [-0.3, -0.25) is 9.59 Å². The molecular formula is C33H46O3. The highest BCUT2D eigenvalue weighted by atomic mass is 16.5. The van der Waals surface area contributed by atoms with Gasteiger partial charge in [-0.05, 0) is 169 Å². The monoisotopic (exact) mass is 490 g/mol. The molecule has 12 aliphatic carbocycles. The molecule has 12 aliphatic rings. The van der Waals surface area contributed by atoms with Crippen molar-refractivity contribution in [1.29, 1.82) is 0 Å². The van der Waals surface area contributed by atoms with Crippen LogP contribution in [0.1, 0.15) is 116 Å². The molecule has 0 aromatic rings. The molecule has 12 saturated carbocycles. The molecule has 0 aliphatic heterocycles. The van der Waals surface area contributed by atoms with Crippen molar-refractivity contribution in [1.82, 2.24) is 0 Å². The molecule has 12 rings (SSSR count). The minimum Gasteiger partial charge on any atom is -0.453 e. The van der Waals surface area contributed by atoms with E-state index in [0.717, 1.165) is 111 Å². The highest BCUT2D eigenvalue weighted by Crippen LogP contribution is 2.66. The fourth-order valence-corrected chi connectivity index (χ4v) is 14.2. The molecule has 0 spiro atoms. The molecular weight excluding hydrogens is 444 g/mol. The lowest BCUT2D eigenvalue weighted by Gasteiger charge is -2.61. The quantitative estimate of drug-likeness (QED) is 0.386. The van der Waals surface area contributed by atoms with Gasteiger partial charge in [0.05, 0.1) is 5.41 Å². The Balaban J connectivity index is 1.08. The predicted molar refractivity (Wildman–Crippen MR) is 137 cm³/mol. The number of ether oxygens (including phenoxy) is 1. The number of rotatable bonds is 5. The summed E-state index contributed by atoms with van der Waals surface area (Å²) in [6, 6.07) is 0. The maximum absolute atomic E-state index is 15.0. The molecule has 0 heterocycles. The molecule has 12 fully saturated rings. The maximum atomic E-state index is 15.0. The number of hydrogen-bond donors (Lipinski definition) is 0. The van der Waals surface area contributed by atoms with Crippen LogP contribution in [-0.2, 0) is 14.3 Å². The van der Waals surface area contributed by atoms with E-state index < -0.39 is 6.10 Å². The molecule has 36 heavy (non-hydrogen) atoms. The predicted octanol–water partition coefficient (Wildman–Crippen LogP) is 7.12. The standard InChI is InChI=1S/C33H46O3/c34-28(31-10-19-1-20(11-31)3-21(2-19)12-31)29(32-13-22-4-23(14-32)6-24(5-22)15-32)36-30(35)33-16-25-7-26(17-33)9-27(8-25)18-33/h19-27,29H,1-18H2. The van der Waals surface area contributed by atoms with Crippen LogP contribution in [0, 0.1) is 69.5 Å². The summed E-state index contributed by atoms with van der Waals surface area (Å²) in [6.07, 6.45) is 21.8. The van der Waals surface area contributed by atoms with Crippen molar-refractivity contribution in [2.45, 2.75) is 122 Å². The molecule has 0 aromatic carbocycles. The molecule has 12 bridgehead atoms. The zero-order chi connectivity index (χ0) is 23.9. The molecule has 3 nitrogen and oxygen atoms in total. The largest absolute Gasteiger partial charge is 0.453 e. The third kappa shape index (κ3) is 3.04. The highest BCUT2D eigenvalue weighted by molar-refractivity contribution is 5.92. The van der Waals surface area contributed by atoms with Crippen LogP contribution < -0.4 is 0 Å². The van der Waals surface area contributed by atoms with Crippen LogP contribution in [0.25, 0.3) is 0 Å². The number of ketones is 1. The van der Waals surface area contributed by atoms with Gasteiger partial charge in [0, 0.05) is 10.8 Å². The summed E-state index contributed by atoms with van der Waals surface area (Å²) in [4.78, 5) is 29.4. The van der Waals surface area contributed by atoms with Gasteiger partial charge in [0.2, 0.25) is 0 Å². The van der Waals surface area contributed by atoms with Crippen LogP contribution >= 0.6 is 0 Å². The smallest absolute Gasteiger partial charge is 0.312 e. The summed E-state index contributed by atoms with van der Waals surface area (Å²) >= 11 is 0. The molecule has 0 N–H and O–H groups in total. The first-order valence-corrected chi connectivity index (χ1v) is 16.1. The van der Waals surface area contributed by atoms with Gasteiger partial charge in [-0.2, -0.15) is 0 Å². The van der Waals surface area contributed by atoms with Crippen LogP contribution in [-0.4, -0.2) is 17.9 Å². The van der Waals surface area contributed by atoms with E-state index in [1.54, 1.807) is 0 Å². The highest BCUT2D eigenvalue weighted by Gasteiger charge is 2.64. The van der Waals surface area contributed by atoms with Gasteiger partial charge in [0.15, 0.2) is 11.9 Å². The summed E-state index contributed by atoms with van der Waals surface area (Å²) in [6.45, 7) is 0. The van der Waals surface area contributed by atoms with Crippen molar-refractivity contribution in [3.05, 3.63) is 0 Å². The summed E-state index contributed by atoms with van der Waals surface area (Å²) in [7, 11) is 0. The van der Waals surface area contributed by atoms with Crippen LogP contribution in [0.5, 0.6) is 0 Å². The average Bonchev–Trinajstić information content (AvgIpc) is 2.79. The van der Waals surface area contributed by atoms with Crippen molar-refractivity contribution < 1.29 is 14.3 Å². The van der Waals surface area contributed by atoms with E-state index >= 15 is 0 Å². The molecule has 0 aromatic heterocycles. The van der Waals surface area contributed by atoms with Gasteiger partial charge >= 0.3 is 5.97 Å². The van der Waals surface area contributed by atoms with Gasteiger partial charge in [-0.25, -0.2) is 0 Å². The van der Waals surface area contributed by atoms with Crippen molar-refractivity contribution >= 4 is 11.8 Å². The Morgan fingerprint density at radius 2 is 0.778 bits per heavy atom. The number of hydrogen-bond acceptors (Lipinski definition) is 3. The molecule has 196 valence electrons. The Morgan fingerprint density at radius 3 is 1.14 bits per heavy atom. The lowest BCUT2D eigenvalue weighted by atomic mass is 9.44. The van der Waals surface area contributed by atoms with E-state index in [9.17, 15) is 9.59 Å². The number of carbonyl (C=O) groups excluding carboxylic acids is 2. The lowest BCUT2D eigenvalue weighted by molar-refractivity contribution is -0.204. The topological polar surface area (TPSA) is 43.4 Å². The van der Waals surface area contributed by atoms with Crippen molar-refractivity contribution in [3.63, 3.8) is 0 Å². The molecule has 1 atom stereocenters. The van der Waals surface area contributed by atoms with Crippen LogP contribution in [0.2, 0.25) is 0 Å². The van der Waals surface area contributed by atoms with E-state index in [-0.39, 0.29) is 22.2 Å². The maximum Gasteiger partial charge on any atom is 0.312 e. The van der Waals surface area contributed by atoms with E-state index in [0.29, 0.717) is 5.78 Å². The summed E-state index contributed by atoms with van der Waals surface area (Å²) in [5.41, 5.74) is -0.450. The van der Waals surface area contributed by atoms with Crippen LogP contribution in [0.4, 0.5) is 0 Å². The molecule has 1 unspecified atom stereocenters. The Kier molecular flexibility index (Phi) is 4.40. The van der Waals surface area contributed by atoms with Crippen molar-refractivity contribution in [2.75, 3.05) is 0 Å². The van der Waals surface area contributed by atoms with E-state index in [4.69, 9.17) is 4.74 Å². The van der Waals surface area contributed by atoms with Gasteiger partial charge in [-0.15, -0.1) is 0 Å². The lowest BCUT2D eigenvalue weighted by Crippen LogP contribution is -2.61. The first-order chi connectivity index (χ1) is 17.4. The van der Waals surface area contributed by atoms with Crippen LogP contribution in [0.15, 0.2) is 0 Å². The molecule has 3 heteroatoms. The van der Waals surface area contributed by atoms with Crippen molar-refractivity contribution in [2.24, 2.45) is 69.5 Å². The molecule has 0 radical (unpaired) electrons. The minimum atomic E-state index is -0.428. The Bertz CT molecular complexity index is 885. The van der Waals surface area contributed by atoms with Gasteiger partial charge in [0.25, 0.3) is 0 Å². The van der Waals surface area contributed by atoms with Crippen molar-refractivity contribution in [3.8, 4) is 0 Å². The zero-order valence-electron chi connectivity index (χ0n) is 22.2. The van der Waals surface area contributed by atoms with E-state index in [1.165, 1.54) is 57.8 Å². The Labute approximate surface area is 217 Å². The summed E-state index contributed by atoms with van der Waals surface area (Å²) in [5, 5.41) is 0. The first kappa shape index (κ1) is 22.0. The SMILES string of the molecule is O=C(OC(C(=O)C12CC3CC(CC(C3)C1)C2)C12CC3CC(CC(C3)C1)C2)C12CC3CC(CC(C3)C1)C2. The van der Waals surface area contributed by atoms with Gasteiger partial charge < -0.3 is 4.74 Å². The summed E-state index contributed by atoms with van der Waals surface area (Å²) < 4.78 is 6.88. The second-order valence-electron chi connectivity index (χ2n) is 16.8. The summed E-state index contributed by atoms with van der Waals surface area (Å²) in [5.74, 6) is 7.34. The zero-order valence-corrected chi connectivity index (χ0v) is 22.2. The van der Waals surface area contributed by atoms with E-state index in [1.807, 2.05) is 0 Å². The minimum absolute atomic E-state index is 0.0346. The van der Waals surface area contributed by atoms with E-state index in [2.05, 4.69) is 0 Å². The normalized spacial score (nSPS) is 57.8. The molecule has 0 saturated heterocycles. The first-order valence-electron chi connectivity index (χ1n) is 16.1. The number of Topliss-reactive ketones (excluding diaryl/α,β-unsaturated/α-hetero) is 1. The van der Waals surface area contributed by atoms with Gasteiger partial charge in [-0.1, -0.05) is 0 Å². The third-order valence-electron chi connectivity index (χ3n) is 14.1. The Hall–Kier alpha value is -0.860. The average molecular weight is 491 g/mol. The Morgan fingerprint density at radius 1 is 0.472 bits per heavy atom. The number of esters is 1. The molecule has 0 amide bonds. The van der Waals surface area contributed by atoms with Crippen LogP contribution in [0.3, 0.4) is 0 Å². The number of carbonyl (C=O) groups is 2. The second kappa shape index (κ2) is 7.20. The second-order valence-corrected chi connectivity index (χ2v) is 16.8. The fraction of sp³-hybridized carbons (Fsp3) is 0.939. The van der Waals surface area contributed by atoms with Gasteiger partial charge in [0.1, 0.15) is 0 Å².